The SMILES string of the molecule is Cc1cc(C(=O)N(C)c2ccccc2)cc(S(=O)(=O)N2CCC(C)CC2)c1C. The smallest absolute Gasteiger partial charge is 0.258 e. The van der Waals surface area contributed by atoms with Crippen LogP contribution in [0.4, 0.5) is 5.69 Å². The summed E-state index contributed by atoms with van der Waals surface area (Å²) in [5.74, 6) is 0.319. The minimum Gasteiger partial charge on any atom is -0.311 e. The number of rotatable bonds is 4. The average molecular weight is 401 g/mol. The second-order valence-corrected chi connectivity index (χ2v) is 9.61. The monoisotopic (exact) mass is 400 g/mol. The molecule has 28 heavy (non-hydrogen) atoms. The molecule has 1 fully saturated rings. The second kappa shape index (κ2) is 8.05. The summed E-state index contributed by atoms with van der Waals surface area (Å²) in [5, 5.41) is 0. The molecule has 1 aliphatic rings. The lowest BCUT2D eigenvalue weighted by Gasteiger charge is -2.30. The Bertz CT molecular complexity index is 963. The number of hydrogen-bond acceptors (Lipinski definition) is 3. The third-order valence-corrected chi connectivity index (χ3v) is 7.70. The Balaban J connectivity index is 1.98. The van der Waals surface area contributed by atoms with Gasteiger partial charge in [-0.15, -0.1) is 0 Å². The van der Waals surface area contributed by atoms with E-state index in [0.717, 1.165) is 24.1 Å². The van der Waals surface area contributed by atoms with Crippen LogP contribution in [0.1, 0.15) is 41.3 Å². The zero-order valence-corrected chi connectivity index (χ0v) is 17.8. The van der Waals surface area contributed by atoms with Gasteiger partial charge in [0, 0.05) is 31.4 Å². The van der Waals surface area contributed by atoms with Gasteiger partial charge < -0.3 is 4.90 Å². The Kier molecular flexibility index (Phi) is 5.91. The number of carbonyl (C=O) groups is 1. The summed E-state index contributed by atoms with van der Waals surface area (Å²) >= 11 is 0. The molecule has 3 rings (SSSR count). The first-order chi connectivity index (χ1) is 13.2. The van der Waals surface area contributed by atoms with E-state index < -0.39 is 10.0 Å². The van der Waals surface area contributed by atoms with E-state index in [0.29, 0.717) is 30.1 Å². The van der Waals surface area contributed by atoms with Crippen LogP contribution in [-0.2, 0) is 10.0 Å². The Hall–Kier alpha value is -2.18. The molecular weight excluding hydrogens is 372 g/mol. The van der Waals surface area contributed by atoms with Gasteiger partial charge >= 0.3 is 0 Å². The molecule has 5 nitrogen and oxygen atoms in total. The Morgan fingerprint density at radius 3 is 2.29 bits per heavy atom. The standard InChI is InChI=1S/C22H28N2O3S/c1-16-10-12-24(13-11-16)28(26,27)21-15-19(14-17(2)18(21)3)22(25)23(4)20-8-6-5-7-9-20/h5-9,14-16H,10-13H2,1-4H3. The summed E-state index contributed by atoms with van der Waals surface area (Å²) in [6.07, 6.45) is 1.74. The van der Waals surface area contributed by atoms with E-state index in [2.05, 4.69) is 6.92 Å². The molecule has 0 radical (unpaired) electrons. The number of benzene rings is 2. The largest absolute Gasteiger partial charge is 0.311 e. The van der Waals surface area contributed by atoms with Crippen molar-refractivity contribution in [3.8, 4) is 0 Å². The second-order valence-electron chi connectivity index (χ2n) is 7.70. The van der Waals surface area contributed by atoms with Crippen LogP contribution in [0.25, 0.3) is 0 Å². The molecule has 6 heteroatoms. The van der Waals surface area contributed by atoms with Crippen molar-refractivity contribution >= 4 is 21.6 Å². The van der Waals surface area contributed by atoms with E-state index in [1.807, 2.05) is 44.2 Å². The summed E-state index contributed by atoms with van der Waals surface area (Å²) in [6, 6.07) is 12.6. The zero-order valence-electron chi connectivity index (χ0n) is 17.0. The van der Waals surface area contributed by atoms with Gasteiger partial charge in [0.2, 0.25) is 10.0 Å². The Morgan fingerprint density at radius 1 is 1.07 bits per heavy atom. The van der Waals surface area contributed by atoms with Gasteiger partial charge in [0.1, 0.15) is 0 Å². The lowest BCUT2D eigenvalue weighted by molar-refractivity contribution is 0.0992. The van der Waals surface area contributed by atoms with Crippen LogP contribution >= 0.6 is 0 Å². The lowest BCUT2D eigenvalue weighted by Crippen LogP contribution is -2.38. The third kappa shape index (κ3) is 3.98. The molecular formula is C22H28N2O3S. The number of anilines is 1. The number of hydrogen-bond donors (Lipinski definition) is 0. The van der Waals surface area contributed by atoms with Crippen molar-refractivity contribution in [3.05, 3.63) is 59.2 Å². The van der Waals surface area contributed by atoms with Crippen molar-refractivity contribution in [1.82, 2.24) is 4.31 Å². The van der Waals surface area contributed by atoms with E-state index in [1.165, 1.54) is 6.07 Å². The summed E-state index contributed by atoms with van der Waals surface area (Å²) < 4.78 is 28.1. The first-order valence-electron chi connectivity index (χ1n) is 9.66. The highest BCUT2D eigenvalue weighted by Crippen LogP contribution is 2.28. The maximum absolute atomic E-state index is 13.3. The Labute approximate surface area is 168 Å². The molecule has 0 atom stereocenters. The van der Waals surface area contributed by atoms with Gasteiger partial charge in [-0.1, -0.05) is 25.1 Å². The molecule has 1 amide bonds. The molecule has 1 aliphatic heterocycles. The fourth-order valence-electron chi connectivity index (χ4n) is 3.55. The molecule has 0 spiro atoms. The molecule has 150 valence electrons. The average Bonchev–Trinajstić information content (AvgIpc) is 2.69. The highest BCUT2D eigenvalue weighted by atomic mass is 32.2. The molecule has 2 aromatic carbocycles. The fourth-order valence-corrected chi connectivity index (χ4v) is 5.34. The maximum atomic E-state index is 13.3. The quantitative estimate of drug-likeness (QED) is 0.779. The maximum Gasteiger partial charge on any atom is 0.258 e. The van der Waals surface area contributed by atoms with Crippen LogP contribution in [-0.4, -0.2) is 38.8 Å². The summed E-state index contributed by atoms with van der Waals surface area (Å²) in [6.45, 7) is 6.88. The van der Waals surface area contributed by atoms with Gasteiger partial charge in [-0.3, -0.25) is 4.79 Å². The number of piperidine rings is 1. The molecule has 0 bridgehead atoms. The number of nitrogens with zero attached hydrogens (tertiary/aromatic N) is 2. The molecule has 1 heterocycles. The van der Waals surface area contributed by atoms with Gasteiger partial charge in [-0.2, -0.15) is 4.31 Å². The van der Waals surface area contributed by atoms with Crippen LogP contribution in [0, 0.1) is 19.8 Å². The predicted molar refractivity (Wildman–Crippen MR) is 112 cm³/mol. The normalized spacial score (nSPS) is 16.1. The first-order valence-corrected chi connectivity index (χ1v) is 11.1. The minimum atomic E-state index is -3.62. The van der Waals surface area contributed by atoms with Crippen molar-refractivity contribution in [2.45, 2.75) is 38.5 Å². The molecule has 2 aromatic rings. The van der Waals surface area contributed by atoms with Gasteiger partial charge in [0.15, 0.2) is 0 Å². The van der Waals surface area contributed by atoms with Crippen LogP contribution in [0.3, 0.4) is 0 Å². The minimum absolute atomic E-state index is 0.224. The number of carbonyl (C=O) groups excluding carboxylic acids is 1. The summed E-state index contributed by atoms with van der Waals surface area (Å²) in [5.41, 5.74) is 2.66. The van der Waals surface area contributed by atoms with Crippen molar-refractivity contribution in [3.63, 3.8) is 0 Å². The molecule has 0 N–H and O–H groups in total. The number of sulfonamides is 1. The molecule has 0 aromatic heterocycles. The van der Waals surface area contributed by atoms with E-state index in [-0.39, 0.29) is 10.8 Å². The lowest BCUT2D eigenvalue weighted by atomic mass is 10.0. The van der Waals surface area contributed by atoms with Crippen molar-refractivity contribution < 1.29 is 13.2 Å². The van der Waals surface area contributed by atoms with E-state index in [1.54, 1.807) is 22.3 Å². The zero-order chi connectivity index (χ0) is 20.5. The van der Waals surface area contributed by atoms with E-state index in [4.69, 9.17) is 0 Å². The molecule has 0 aliphatic carbocycles. The molecule has 0 saturated carbocycles. The summed E-state index contributed by atoms with van der Waals surface area (Å²) in [7, 11) is -1.92. The van der Waals surface area contributed by atoms with Gasteiger partial charge in [0.05, 0.1) is 4.90 Å². The summed E-state index contributed by atoms with van der Waals surface area (Å²) in [4.78, 5) is 14.8. The van der Waals surface area contributed by atoms with Crippen molar-refractivity contribution in [2.24, 2.45) is 5.92 Å². The number of amides is 1. The predicted octanol–water partition coefficient (Wildman–Crippen LogP) is 4.00. The van der Waals surface area contributed by atoms with E-state index in [9.17, 15) is 13.2 Å². The van der Waals surface area contributed by atoms with Crippen LogP contribution in [0.5, 0.6) is 0 Å². The molecule has 0 unspecified atom stereocenters. The van der Waals surface area contributed by atoms with Gasteiger partial charge in [-0.25, -0.2) is 8.42 Å². The van der Waals surface area contributed by atoms with Crippen molar-refractivity contribution in [1.29, 1.82) is 0 Å². The van der Waals surface area contributed by atoms with Crippen LogP contribution < -0.4 is 4.90 Å². The number of aryl methyl sites for hydroxylation is 1. The van der Waals surface area contributed by atoms with Crippen LogP contribution in [0.15, 0.2) is 47.4 Å². The fraction of sp³-hybridized carbons (Fsp3) is 0.409. The van der Waals surface area contributed by atoms with Gasteiger partial charge in [0.25, 0.3) is 5.91 Å². The van der Waals surface area contributed by atoms with E-state index >= 15 is 0 Å². The van der Waals surface area contributed by atoms with Gasteiger partial charge in [-0.05, 0) is 68.0 Å². The van der Waals surface area contributed by atoms with Crippen molar-refractivity contribution in [2.75, 3.05) is 25.0 Å². The highest BCUT2D eigenvalue weighted by Gasteiger charge is 2.30. The van der Waals surface area contributed by atoms with Crippen LogP contribution in [0.2, 0.25) is 0 Å². The third-order valence-electron chi connectivity index (χ3n) is 5.68. The first kappa shape index (κ1) is 20.6. The topological polar surface area (TPSA) is 57.7 Å². The molecule has 1 saturated heterocycles. The Morgan fingerprint density at radius 2 is 1.68 bits per heavy atom. The highest BCUT2D eigenvalue weighted by molar-refractivity contribution is 7.89. The number of para-hydroxylation sites is 1.